The second-order valence-electron chi connectivity index (χ2n) is 9.54. The number of alkyl halides is 3. The van der Waals surface area contributed by atoms with Crippen LogP contribution in [-0.4, -0.2) is 30.4 Å². The maximum absolute atomic E-state index is 14.2. The topological polar surface area (TPSA) is 38.8 Å². The molecule has 3 aromatic rings. The minimum absolute atomic E-state index is 0.0508. The van der Waals surface area contributed by atoms with Crippen LogP contribution in [0.4, 0.5) is 22.4 Å². The molecule has 4 nitrogen and oxygen atoms in total. The van der Waals surface area contributed by atoms with Crippen molar-refractivity contribution in [3.8, 4) is 22.6 Å². The molecule has 2 unspecified atom stereocenters. The molecule has 0 saturated carbocycles. The monoisotopic (exact) mass is 547 g/mol. The Morgan fingerprint density at radius 2 is 1.74 bits per heavy atom. The van der Waals surface area contributed by atoms with E-state index in [2.05, 4.69) is 0 Å². The van der Waals surface area contributed by atoms with E-state index in [4.69, 9.17) is 9.47 Å². The van der Waals surface area contributed by atoms with E-state index < -0.39 is 23.5 Å². The van der Waals surface area contributed by atoms with Crippen molar-refractivity contribution in [2.24, 2.45) is 0 Å². The van der Waals surface area contributed by atoms with Crippen LogP contribution in [0.5, 0.6) is 11.5 Å². The standard InChI is InChI=1S/C29H29F4NO3S/c1-16(2)23-14-24(22-10-9-20(30)13-26(22)37-5)19(12-25(23)29(31,32)33)15-34-17(3)27(38-28(34)35)18-7-6-8-21(11-18)36-4/h6-14,16-17,27H,15H2,1-5H3. The fraction of sp³-hybridized carbons (Fsp3) is 0.345. The van der Waals surface area contributed by atoms with Gasteiger partial charge in [-0.2, -0.15) is 13.2 Å². The van der Waals surface area contributed by atoms with Gasteiger partial charge in [-0.3, -0.25) is 4.79 Å². The molecule has 0 radical (unpaired) electrons. The van der Waals surface area contributed by atoms with Gasteiger partial charge in [-0.25, -0.2) is 4.39 Å². The molecule has 38 heavy (non-hydrogen) atoms. The van der Waals surface area contributed by atoms with Gasteiger partial charge < -0.3 is 14.4 Å². The van der Waals surface area contributed by atoms with E-state index in [1.54, 1.807) is 25.9 Å². The highest BCUT2D eigenvalue weighted by molar-refractivity contribution is 8.14. The van der Waals surface area contributed by atoms with Crippen molar-refractivity contribution in [3.05, 3.63) is 82.7 Å². The molecule has 0 spiro atoms. The third-order valence-corrected chi connectivity index (χ3v) is 8.17. The van der Waals surface area contributed by atoms with Crippen LogP contribution in [0.1, 0.15) is 54.2 Å². The summed E-state index contributed by atoms with van der Waals surface area (Å²) in [5.74, 6) is -0.0913. The Morgan fingerprint density at radius 3 is 2.37 bits per heavy atom. The van der Waals surface area contributed by atoms with Gasteiger partial charge in [-0.05, 0) is 71.5 Å². The molecule has 0 bridgehead atoms. The molecule has 1 amide bonds. The lowest BCUT2D eigenvalue weighted by molar-refractivity contribution is -0.138. The quantitative estimate of drug-likeness (QED) is 0.278. The summed E-state index contributed by atoms with van der Waals surface area (Å²) < 4.78 is 67.2. The smallest absolute Gasteiger partial charge is 0.416 e. The fourth-order valence-electron chi connectivity index (χ4n) is 4.82. The largest absolute Gasteiger partial charge is 0.497 e. The van der Waals surface area contributed by atoms with Gasteiger partial charge in [0.15, 0.2) is 0 Å². The Balaban J connectivity index is 1.83. The SMILES string of the molecule is COc1cccc(C2SC(=O)N(Cc3cc(C(F)(F)F)c(C(C)C)cc3-c3ccc(F)cc3OC)C2C)c1. The molecule has 4 rings (SSSR count). The third-order valence-electron chi connectivity index (χ3n) is 6.81. The first-order valence-electron chi connectivity index (χ1n) is 12.1. The summed E-state index contributed by atoms with van der Waals surface area (Å²) in [5.41, 5.74) is 1.49. The van der Waals surface area contributed by atoms with Crippen molar-refractivity contribution in [3.63, 3.8) is 0 Å². The van der Waals surface area contributed by atoms with Crippen molar-refractivity contribution in [2.75, 3.05) is 14.2 Å². The summed E-state index contributed by atoms with van der Waals surface area (Å²) in [6.45, 7) is 5.22. The van der Waals surface area contributed by atoms with Crippen molar-refractivity contribution < 1.29 is 31.8 Å². The highest BCUT2D eigenvalue weighted by Gasteiger charge is 2.40. The van der Waals surface area contributed by atoms with Gasteiger partial charge in [0, 0.05) is 24.2 Å². The molecule has 3 aromatic carbocycles. The molecule has 1 aliphatic rings. The lowest BCUT2D eigenvalue weighted by Gasteiger charge is -2.27. The minimum Gasteiger partial charge on any atom is -0.497 e. The number of rotatable bonds is 7. The number of halogens is 4. The molecule has 1 saturated heterocycles. The maximum atomic E-state index is 14.2. The Labute approximate surface area is 223 Å². The highest BCUT2D eigenvalue weighted by atomic mass is 32.2. The summed E-state index contributed by atoms with van der Waals surface area (Å²) >= 11 is 1.14. The Morgan fingerprint density at radius 1 is 1.00 bits per heavy atom. The Hall–Kier alpha value is -3.20. The number of methoxy groups -OCH3 is 2. The lowest BCUT2D eigenvalue weighted by Crippen LogP contribution is -2.31. The fourth-order valence-corrected chi connectivity index (χ4v) is 6.03. The zero-order chi connectivity index (χ0) is 27.8. The third kappa shape index (κ3) is 5.48. The van der Waals surface area contributed by atoms with Gasteiger partial charge in [0.05, 0.1) is 25.0 Å². The van der Waals surface area contributed by atoms with Crippen LogP contribution >= 0.6 is 11.8 Å². The predicted molar refractivity (Wildman–Crippen MR) is 141 cm³/mol. The van der Waals surface area contributed by atoms with Crippen LogP contribution in [0.15, 0.2) is 54.6 Å². The molecule has 2 atom stereocenters. The molecular formula is C29H29F4NO3S. The molecule has 202 valence electrons. The highest BCUT2D eigenvalue weighted by Crippen LogP contribution is 2.47. The van der Waals surface area contributed by atoms with Gasteiger partial charge in [0.1, 0.15) is 17.3 Å². The second kappa shape index (κ2) is 10.9. The minimum atomic E-state index is -4.59. The van der Waals surface area contributed by atoms with E-state index >= 15 is 0 Å². The molecule has 0 aromatic heterocycles. The van der Waals surface area contributed by atoms with E-state index in [0.717, 1.165) is 23.4 Å². The zero-order valence-corrected chi connectivity index (χ0v) is 22.5. The summed E-state index contributed by atoms with van der Waals surface area (Å²) in [7, 11) is 2.94. The zero-order valence-electron chi connectivity index (χ0n) is 21.7. The van der Waals surface area contributed by atoms with Gasteiger partial charge >= 0.3 is 6.18 Å². The lowest BCUT2D eigenvalue weighted by atomic mass is 9.88. The van der Waals surface area contributed by atoms with Crippen LogP contribution < -0.4 is 9.47 Å². The molecular weight excluding hydrogens is 518 g/mol. The van der Waals surface area contributed by atoms with E-state index in [0.29, 0.717) is 22.4 Å². The number of ether oxygens (including phenoxy) is 2. The first-order valence-corrected chi connectivity index (χ1v) is 13.0. The van der Waals surface area contributed by atoms with Crippen LogP contribution in [0.25, 0.3) is 11.1 Å². The molecule has 0 N–H and O–H groups in total. The van der Waals surface area contributed by atoms with Crippen molar-refractivity contribution in [2.45, 2.75) is 50.7 Å². The molecule has 1 aliphatic heterocycles. The van der Waals surface area contributed by atoms with Gasteiger partial charge in [0.25, 0.3) is 5.24 Å². The predicted octanol–water partition coefficient (Wildman–Crippen LogP) is 8.45. The first-order chi connectivity index (χ1) is 17.9. The number of thioether (sulfide) groups is 1. The number of hydrogen-bond acceptors (Lipinski definition) is 4. The molecule has 1 fully saturated rings. The van der Waals surface area contributed by atoms with Crippen LogP contribution in [0.3, 0.4) is 0 Å². The average molecular weight is 548 g/mol. The van der Waals surface area contributed by atoms with Crippen molar-refractivity contribution in [1.29, 1.82) is 0 Å². The van der Waals surface area contributed by atoms with E-state index in [-0.39, 0.29) is 34.4 Å². The second-order valence-corrected chi connectivity index (χ2v) is 10.6. The Bertz CT molecular complexity index is 1340. The van der Waals surface area contributed by atoms with E-state index in [1.807, 2.05) is 31.2 Å². The van der Waals surface area contributed by atoms with Crippen molar-refractivity contribution in [1.82, 2.24) is 4.90 Å². The number of hydrogen-bond donors (Lipinski definition) is 0. The van der Waals surface area contributed by atoms with Crippen LogP contribution in [0, 0.1) is 5.82 Å². The summed E-state index contributed by atoms with van der Waals surface area (Å²) in [4.78, 5) is 14.7. The van der Waals surface area contributed by atoms with Gasteiger partial charge in [-0.1, -0.05) is 37.7 Å². The van der Waals surface area contributed by atoms with E-state index in [9.17, 15) is 22.4 Å². The molecule has 0 aliphatic carbocycles. The van der Waals surface area contributed by atoms with Crippen LogP contribution in [0.2, 0.25) is 0 Å². The van der Waals surface area contributed by atoms with Gasteiger partial charge in [-0.15, -0.1) is 0 Å². The normalized spacial score (nSPS) is 17.8. The first kappa shape index (κ1) is 27.8. The number of carbonyl (C=O) groups excluding carboxylic acids is 1. The summed E-state index contributed by atoms with van der Waals surface area (Å²) in [5, 5.41) is -0.456. The number of amides is 1. The maximum Gasteiger partial charge on any atom is 0.416 e. The molecule has 9 heteroatoms. The Kier molecular flexibility index (Phi) is 7.97. The average Bonchev–Trinajstić information content (AvgIpc) is 3.16. The molecule has 1 heterocycles. The van der Waals surface area contributed by atoms with Gasteiger partial charge in [0.2, 0.25) is 0 Å². The van der Waals surface area contributed by atoms with Crippen molar-refractivity contribution >= 4 is 17.0 Å². The number of carbonyl (C=O) groups is 1. The van der Waals surface area contributed by atoms with E-state index in [1.165, 1.54) is 31.4 Å². The summed E-state index contributed by atoms with van der Waals surface area (Å²) in [6, 6.07) is 13.7. The summed E-state index contributed by atoms with van der Waals surface area (Å²) in [6.07, 6.45) is -4.59. The van der Waals surface area contributed by atoms with Crippen LogP contribution in [-0.2, 0) is 12.7 Å². The number of benzene rings is 3. The number of nitrogens with zero attached hydrogens (tertiary/aromatic N) is 1.